The molecule has 18 heavy (non-hydrogen) atoms. The molecule has 2 nitrogen and oxygen atoms in total. The van der Waals surface area contributed by atoms with E-state index in [1.54, 1.807) is 13.8 Å². The van der Waals surface area contributed by atoms with E-state index in [4.69, 9.17) is 11.6 Å². The second-order valence-electron chi connectivity index (χ2n) is 4.42. The van der Waals surface area contributed by atoms with Crippen LogP contribution in [-0.4, -0.2) is 18.0 Å². The molecule has 6 heteroatoms. The number of halogens is 4. The minimum atomic E-state index is -4.77. The SMILES string of the molecule is CC(C)(CCl)C(=O)c1cccc(OC(F)(F)F)c1. The molecule has 0 atom stereocenters. The van der Waals surface area contributed by atoms with Crippen LogP contribution in [0.5, 0.6) is 5.75 Å². The van der Waals surface area contributed by atoms with Crippen molar-refractivity contribution in [3.05, 3.63) is 29.8 Å². The number of hydrogen-bond donors (Lipinski definition) is 0. The van der Waals surface area contributed by atoms with Crippen LogP contribution in [0.3, 0.4) is 0 Å². The van der Waals surface area contributed by atoms with Gasteiger partial charge >= 0.3 is 6.36 Å². The van der Waals surface area contributed by atoms with Gasteiger partial charge in [0.2, 0.25) is 0 Å². The maximum Gasteiger partial charge on any atom is 0.573 e. The fourth-order valence-electron chi connectivity index (χ4n) is 1.29. The Balaban J connectivity index is 2.99. The second kappa shape index (κ2) is 5.18. The van der Waals surface area contributed by atoms with E-state index in [1.807, 2.05) is 0 Å². The highest BCUT2D eigenvalue weighted by atomic mass is 35.5. The Morgan fingerprint density at radius 2 is 1.94 bits per heavy atom. The molecule has 0 heterocycles. The van der Waals surface area contributed by atoms with Crippen molar-refractivity contribution in [1.29, 1.82) is 0 Å². The van der Waals surface area contributed by atoms with Gasteiger partial charge in [-0.25, -0.2) is 0 Å². The Morgan fingerprint density at radius 3 is 2.44 bits per heavy atom. The molecular weight excluding hydrogens is 269 g/mol. The lowest BCUT2D eigenvalue weighted by atomic mass is 9.86. The number of benzene rings is 1. The molecule has 0 radical (unpaired) electrons. The first-order chi connectivity index (χ1) is 8.15. The van der Waals surface area contributed by atoms with E-state index in [0.717, 1.165) is 12.1 Å². The third-order valence-electron chi connectivity index (χ3n) is 2.28. The molecule has 0 aromatic heterocycles. The van der Waals surface area contributed by atoms with Crippen LogP contribution in [0.1, 0.15) is 24.2 Å². The van der Waals surface area contributed by atoms with Gasteiger partial charge < -0.3 is 4.74 Å². The number of hydrogen-bond acceptors (Lipinski definition) is 2. The number of carbonyl (C=O) groups excluding carboxylic acids is 1. The van der Waals surface area contributed by atoms with E-state index >= 15 is 0 Å². The molecule has 0 aliphatic rings. The monoisotopic (exact) mass is 280 g/mol. The standard InChI is InChI=1S/C12H12ClF3O2/c1-11(2,7-13)10(17)8-4-3-5-9(6-8)18-12(14,15)16/h3-6H,7H2,1-2H3. The summed E-state index contributed by atoms with van der Waals surface area (Å²) in [6.07, 6.45) is -4.77. The summed E-state index contributed by atoms with van der Waals surface area (Å²) in [5, 5.41) is 0. The molecule has 0 N–H and O–H groups in total. The van der Waals surface area contributed by atoms with Crippen LogP contribution in [0, 0.1) is 5.41 Å². The van der Waals surface area contributed by atoms with Crippen LogP contribution >= 0.6 is 11.6 Å². The predicted octanol–water partition coefficient (Wildman–Crippen LogP) is 4.03. The third kappa shape index (κ3) is 3.91. The fraction of sp³-hybridized carbons (Fsp3) is 0.417. The summed E-state index contributed by atoms with van der Waals surface area (Å²) >= 11 is 5.65. The van der Waals surface area contributed by atoms with Crippen LogP contribution in [0.25, 0.3) is 0 Å². The number of Topliss-reactive ketones (excluding diaryl/α,β-unsaturated/α-hetero) is 1. The van der Waals surface area contributed by atoms with Crippen molar-refractivity contribution in [2.45, 2.75) is 20.2 Å². The Labute approximate surface area is 108 Å². The largest absolute Gasteiger partial charge is 0.573 e. The molecule has 1 rings (SSSR count). The van der Waals surface area contributed by atoms with Crippen molar-refractivity contribution in [2.24, 2.45) is 5.41 Å². The molecule has 100 valence electrons. The van der Waals surface area contributed by atoms with Crippen molar-refractivity contribution in [1.82, 2.24) is 0 Å². The van der Waals surface area contributed by atoms with E-state index in [1.165, 1.54) is 12.1 Å². The van der Waals surface area contributed by atoms with Gasteiger partial charge in [-0.05, 0) is 12.1 Å². The molecule has 0 unspecified atom stereocenters. The highest BCUT2D eigenvalue weighted by molar-refractivity contribution is 6.21. The van der Waals surface area contributed by atoms with Gasteiger partial charge in [0.25, 0.3) is 0 Å². The molecule has 0 saturated carbocycles. The third-order valence-corrected chi connectivity index (χ3v) is 2.95. The smallest absolute Gasteiger partial charge is 0.406 e. The van der Waals surface area contributed by atoms with Crippen molar-refractivity contribution in [2.75, 3.05) is 5.88 Å². The molecule has 0 aliphatic heterocycles. The maximum atomic E-state index is 12.0. The molecule has 0 spiro atoms. The second-order valence-corrected chi connectivity index (χ2v) is 4.69. The lowest BCUT2D eigenvalue weighted by Gasteiger charge is -2.20. The van der Waals surface area contributed by atoms with E-state index in [2.05, 4.69) is 4.74 Å². The fourth-order valence-corrected chi connectivity index (χ4v) is 1.41. The molecule has 0 amide bonds. The average Bonchev–Trinajstić information content (AvgIpc) is 2.26. The van der Waals surface area contributed by atoms with E-state index in [-0.39, 0.29) is 17.2 Å². The van der Waals surface area contributed by atoms with Crippen LogP contribution in [0.15, 0.2) is 24.3 Å². The lowest BCUT2D eigenvalue weighted by Crippen LogP contribution is -2.26. The normalized spacial score (nSPS) is 12.3. The molecule has 0 aliphatic carbocycles. The van der Waals surface area contributed by atoms with E-state index in [0.29, 0.717) is 0 Å². The van der Waals surface area contributed by atoms with Crippen LogP contribution in [0.4, 0.5) is 13.2 Å². The molecule has 1 aromatic rings. The molecule has 0 saturated heterocycles. The number of ether oxygens (including phenoxy) is 1. The van der Waals surface area contributed by atoms with Gasteiger partial charge in [0, 0.05) is 16.9 Å². The van der Waals surface area contributed by atoms with Crippen molar-refractivity contribution in [3.8, 4) is 5.75 Å². The minimum Gasteiger partial charge on any atom is -0.406 e. The predicted molar refractivity (Wildman–Crippen MR) is 62.0 cm³/mol. The highest BCUT2D eigenvalue weighted by Crippen LogP contribution is 2.27. The number of alkyl halides is 4. The summed E-state index contributed by atoms with van der Waals surface area (Å²) in [6.45, 7) is 3.25. The van der Waals surface area contributed by atoms with Gasteiger partial charge in [0.15, 0.2) is 5.78 Å². The Kier molecular flexibility index (Phi) is 4.27. The summed E-state index contributed by atoms with van der Waals surface area (Å²) in [5.41, 5.74) is -0.694. The molecule has 0 bridgehead atoms. The van der Waals surface area contributed by atoms with Gasteiger partial charge in [-0.1, -0.05) is 26.0 Å². The number of carbonyl (C=O) groups is 1. The van der Waals surface area contributed by atoms with Crippen molar-refractivity contribution in [3.63, 3.8) is 0 Å². The first-order valence-corrected chi connectivity index (χ1v) is 5.66. The zero-order chi connectivity index (χ0) is 14.0. The summed E-state index contributed by atoms with van der Waals surface area (Å²) in [7, 11) is 0. The van der Waals surface area contributed by atoms with Crippen molar-refractivity contribution >= 4 is 17.4 Å². The number of ketones is 1. The Morgan fingerprint density at radius 1 is 1.33 bits per heavy atom. The molecular formula is C12H12ClF3O2. The first kappa shape index (κ1) is 14.8. The quantitative estimate of drug-likeness (QED) is 0.615. The Bertz CT molecular complexity index is 441. The van der Waals surface area contributed by atoms with E-state index in [9.17, 15) is 18.0 Å². The topological polar surface area (TPSA) is 26.3 Å². The maximum absolute atomic E-state index is 12.0. The number of rotatable bonds is 4. The van der Waals surface area contributed by atoms with Crippen LogP contribution < -0.4 is 4.74 Å². The highest BCUT2D eigenvalue weighted by Gasteiger charge is 2.32. The van der Waals surface area contributed by atoms with Crippen molar-refractivity contribution < 1.29 is 22.7 Å². The zero-order valence-electron chi connectivity index (χ0n) is 9.84. The van der Waals surface area contributed by atoms with Crippen LogP contribution in [-0.2, 0) is 0 Å². The summed E-state index contributed by atoms with van der Waals surface area (Å²) in [4.78, 5) is 12.0. The van der Waals surface area contributed by atoms with Crippen LogP contribution in [0.2, 0.25) is 0 Å². The summed E-state index contributed by atoms with van der Waals surface area (Å²) < 4.78 is 39.9. The van der Waals surface area contributed by atoms with Gasteiger partial charge in [-0.2, -0.15) is 0 Å². The first-order valence-electron chi connectivity index (χ1n) is 5.12. The minimum absolute atomic E-state index is 0.0796. The molecule has 1 aromatic carbocycles. The zero-order valence-corrected chi connectivity index (χ0v) is 10.6. The van der Waals surface area contributed by atoms with Gasteiger partial charge in [0.1, 0.15) is 5.75 Å². The van der Waals surface area contributed by atoms with Gasteiger partial charge in [0.05, 0.1) is 0 Å². The Hall–Kier alpha value is -1.23. The molecule has 0 fully saturated rings. The van der Waals surface area contributed by atoms with Gasteiger partial charge in [-0.15, -0.1) is 24.8 Å². The lowest BCUT2D eigenvalue weighted by molar-refractivity contribution is -0.274. The summed E-state index contributed by atoms with van der Waals surface area (Å²) in [5.74, 6) is -0.667. The summed E-state index contributed by atoms with van der Waals surface area (Å²) in [6, 6.07) is 4.96. The van der Waals surface area contributed by atoms with E-state index < -0.39 is 17.5 Å². The van der Waals surface area contributed by atoms with Gasteiger partial charge in [-0.3, -0.25) is 4.79 Å². The average molecular weight is 281 g/mol.